The predicted octanol–water partition coefficient (Wildman–Crippen LogP) is 0.881. The van der Waals surface area contributed by atoms with Crippen molar-refractivity contribution in [3.63, 3.8) is 0 Å². The first kappa shape index (κ1) is 9.46. The molecule has 0 aliphatic rings. The molecule has 0 aromatic carbocycles. The highest BCUT2D eigenvalue weighted by atomic mass is 35.5. The lowest BCUT2D eigenvalue weighted by molar-refractivity contribution is -0.137. The highest BCUT2D eigenvalue weighted by Crippen LogP contribution is 1.95. The molecule has 3 nitrogen and oxygen atoms in total. The maximum absolute atomic E-state index is 10.1. The molecule has 0 saturated carbocycles. The second-order valence-corrected chi connectivity index (χ2v) is 2.16. The Kier molecular flexibility index (Phi) is 4.98. The van der Waals surface area contributed by atoms with Crippen LogP contribution in [-0.4, -0.2) is 29.7 Å². The number of carboxylic acids is 1. The van der Waals surface area contributed by atoms with Gasteiger partial charge in [0.1, 0.15) is 0 Å². The number of ether oxygens (including phenoxy) is 1. The van der Waals surface area contributed by atoms with Gasteiger partial charge in [0.15, 0.2) is 5.38 Å². The third-order valence-corrected chi connectivity index (χ3v) is 1.08. The van der Waals surface area contributed by atoms with Crippen molar-refractivity contribution in [3.8, 4) is 0 Å². The summed E-state index contributed by atoms with van der Waals surface area (Å²) in [7, 11) is 0. The summed E-state index contributed by atoms with van der Waals surface area (Å²) in [6, 6.07) is 0. The summed E-state index contributed by atoms with van der Waals surface area (Å²) in [4.78, 5) is 10.1. The van der Waals surface area contributed by atoms with Gasteiger partial charge in [-0.05, 0) is 0 Å². The van der Waals surface area contributed by atoms with Crippen LogP contribution < -0.4 is 0 Å². The summed E-state index contributed by atoms with van der Waals surface area (Å²) in [5.41, 5.74) is 0. The van der Waals surface area contributed by atoms with E-state index in [1.54, 1.807) is 0 Å². The normalized spacial score (nSPS) is 12.5. The van der Waals surface area contributed by atoms with E-state index in [4.69, 9.17) is 21.4 Å². The number of carbonyl (C=O) groups is 1. The van der Waals surface area contributed by atoms with Crippen LogP contribution in [0.4, 0.5) is 0 Å². The van der Waals surface area contributed by atoms with Crippen LogP contribution in [0.1, 0.15) is 0 Å². The zero-order valence-corrected chi connectivity index (χ0v) is 6.17. The maximum Gasteiger partial charge on any atom is 0.324 e. The Labute approximate surface area is 64.2 Å². The second-order valence-electron chi connectivity index (χ2n) is 1.63. The first-order valence-corrected chi connectivity index (χ1v) is 3.17. The minimum Gasteiger partial charge on any atom is -0.480 e. The van der Waals surface area contributed by atoms with Gasteiger partial charge in [0.25, 0.3) is 0 Å². The molecule has 0 bridgehead atoms. The van der Waals surface area contributed by atoms with Crippen molar-refractivity contribution < 1.29 is 14.6 Å². The highest BCUT2D eigenvalue weighted by molar-refractivity contribution is 6.29. The van der Waals surface area contributed by atoms with E-state index in [2.05, 4.69) is 6.58 Å². The van der Waals surface area contributed by atoms with Gasteiger partial charge < -0.3 is 9.84 Å². The van der Waals surface area contributed by atoms with E-state index in [-0.39, 0.29) is 6.61 Å². The number of rotatable bonds is 5. The molecule has 0 spiro atoms. The minimum atomic E-state index is -1.06. The first-order valence-electron chi connectivity index (χ1n) is 2.74. The van der Waals surface area contributed by atoms with Gasteiger partial charge in [-0.3, -0.25) is 4.79 Å². The van der Waals surface area contributed by atoms with Gasteiger partial charge in [-0.1, -0.05) is 6.08 Å². The molecule has 4 heteroatoms. The standard InChI is InChI=1S/C6H9ClO3/c1-2-3-10-4-5(7)6(8)9/h2,5H,1,3-4H2,(H,8,9). The van der Waals surface area contributed by atoms with Gasteiger partial charge in [0, 0.05) is 0 Å². The quantitative estimate of drug-likeness (QED) is 0.373. The molecule has 0 aromatic rings. The number of halogens is 1. The lowest BCUT2D eigenvalue weighted by atomic mass is 10.4. The number of hydrogen-bond acceptors (Lipinski definition) is 2. The zero-order chi connectivity index (χ0) is 7.98. The Bertz CT molecular complexity index is 124. The molecule has 1 atom stereocenters. The maximum atomic E-state index is 10.1. The summed E-state index contributed by atoms with van der Waals surface area (Å²) in [6.45, 7) is 3.73. The van der Waals surface area contributed by atoms with Crippen LogP contribution in [0.5, 0.6) is 0 Å². The summed E-state index contributed by atoms with van der Waals surface area (Å²) >= 11 is 5.29. The average Bonchev–Trinajstić information content (AvgIpc) is 1.88. The van der Waals surface area contributed by atoms with Crippen LogP contribution in [-0.2, 0) is 9.53 Å². The van der Waals surface area contributed by atoms with E-state index in [0.29, 0.717) is 6.61 Å². The average molecular weight is 165 g/mol. The van der Waals surface area contributed by atoms with Crippen molar-refractivity contribution in [1.29, 1.82) is 0 Å². The topological polar surface area (TPSA) is 46.5 Å². The van der Waals surface area contributed by atoms with Crippen molar-refractivity contribution in [2.45, 2.75) is 5.38 Å². The van der Waals surface area contributed by atoms with Gasteiger partial charge in [0.05, 0.1) is 13.2 Å². The molecule has 0 fully saturated rings. The summed E-state index contributed by atoms with van der Waals surface area (Å²) in [5, 5.41) is 7.29. The van der Waals surface area contributed by atoms with Gasteiger partial charge in [-0.15, -0.1) is 18.2 Å². The fourth-order valence-electron chi connectivity index (χ4n) is 0.326. The molecular formula is C6H9ClO3. The van der Waals surface area contributed by atoms with Gasteiger partial charge in [0.2, 0.25) is 0 Å². The summed E-state index contributed by atoms with van der Waals surface area (Å²) < 4.78 is 4.78. The summed E-state index contributed by atoms with van der Waals surface area (Å²) in [6.07, 6.45) is 1.53. The van der Waals surface area contributed by atoms with Crippen molar-refractivity contribution in [2.24, 2.45) is 0 Å². The Morgan fingerprint density at radius 1 is 1.90 bits per heavy atom. The largest absolute Gasteiger partial charge is 0.480 e. The van der Waals surface area contributed by atoms with Crippen molar-refractivity contribution in [3.05, 3.63) is 12.7 Å². The Balaban J connectivity index is 3.30. The van der Waals surface area contributed by atoms with Crippen molar-refractivity contribution in [1.82, 2.24) is 0 Å². The molecular weight excluding hydrogens is 156 g/mol. The first-order chi connectivity index (χ1) is 4.68. The van der Waals surface area contributed by atoms with Crippen LogP contribution in [0.3, 0.4) is 0 Å². The van der Waals surface area contributed by atoms with E-state index in [0.717, 1.165) is 0 Å². The molecule has 0 rings (SSSR count). The van der Waals surface area contributed by atoms with Crippen molar-refractivity contribution >= 4 is 17.6 Å². The van der Waals surface area contributed by atoms with Crippen LogP contribution in [0, 0.1) is 0 Å². The van der Waals surface area contributed by atoms with E-state index in [1.165, 1.54) is 6.08 Å². The van der Waals surface area contributed by atoms with Crippen LogP contribution in [0.15, 0.2) is 12.7 Å². The Morgan fingerprint density at radius 2 is 2.50 bits per heavy atom. The molecule has 0 heterocycles. The van der Waals surface area contributed by atoms with Gasteiger partial charge in [-0.25, -0.2) is 0 Å². The Morgan fingerprint density at radius 3 is 2.90 bits per heavy atom. The lowest BCUT2D eigenvalue weighted by Crippen LogP contribution is -2.19. The number of carboxylic acid groups (broad SMARTS) is 1. The number of hydrogen-bond donors (Lipinski definition) is 1. The monoisotopic (exact) mass is 164 g/mol. The molecule has 58 valence electrons. The highest BCUT2D eigenvalue weighted by Gasteiger charge is 2.12. The molecule has 0 aliphatic heterocycles. The van der Waals surface area contributed by atoms with Crippen LogP contribution in [0.25, 0.3) is 0 Å². The van der Waals surface area contributed by atoms with Gasteiger partial charge >= 0.3 is 5.97 Å². The second kappa shape index (κ2) is 5.26. The molecule has 10 heavy (non-hydrogen) atoms. The molecule has 0 aromatic heterocycles. The van der Waals surface area contributed by atoms with Gasteiger partial charge in [-0.2, -0.15) is 0 Å². The van der Waals surface area contributed by atoms with E-state index >= 15 is 0 Å². The number of aliphatic carboxylic acids is 1. The van der Waals surface area contributed by atoms with Crippen LogP contribution in [0.2, 0.25) is 0 Å². The van der Waals surface area contributed by atoms with E-state index < -0.39 is 11.3 Å². The molecule has 0 amide bonds. The minimum absolute atomic E-state index is 0.0168. The fourth-order valence-corrected chi connectivity index (χ4v) is 0.415. The number of alkyl halides is 1. The molecule has 0 aliphatic carbocycles. The van der Waals surface area contributed by atoms with Crippen molar-refractivity contribution in [2.75, 3.05) is 13.2 Å². The lowest BCUT2D eigenvalue weighted by Gasteiger charge is -2.02. The predicted molar refractivity (Wildman–Crippen MR) is 38.3 cm³/mol. The van der Waals surface area contributed by atoms with Crippen LogP contribution >= 0.6 is 11.6 Å². The smallest absolute Gasteiger partial charge is 0.324 e. The SMILES string of the molecule is C=CCOCC(Cl)C(=O)O. The van der Waals surface area contributed by atoms with E-state index in [9.17, 15) is 4.79 Å². The zero-order valence-electron chi connectivity index (χ0n) is 5.42. The third kappa shape index (κ3) is 4.35. The van der Waals surface area contributed by atoms with E-state index in [1.807, 2.05) is 0 Å². The fraction of sp³-hybridized carbons (Fsp3) is 0.500. The molecule has 0 saturated heterocycles. The molecule has 1 N–H and O–H groups in total. The molecule has 0 radical (unpaired) electrons. The third-order valence-electron chi connectivity index (χ3n) is 0.768. The molecule has 1 unspecified atom stereocenters. The Hall–Kier alpha value is -0.540. The summed E-state index contributed by atoms with van der Waals surface area (Å²) in [5.74, 6) is -1.06.